The number of benzene rings is 1. The number of thiol groups is 1. The lowest BCUT2D eigenvalue weighted by Crippen LogP contribution is -2.32. The van der Waals surface area contributed by atoms with Crippen LogP contribution in [0.15, 0.2) is 24.3 Å². The van der Waals surface area contributed by atoms with Crippen molar-refractivity contribution in [3.63, 3.8) is 0 Å². The Morgan fingerprint density at radius 3 is 2.64 bits per heavy atom. The molecule has 76 valence electrons. The number of amides is 1. The molecular formula is C11H15NOS. The lowest BCUT2D eigenvalue weighted by molar-refractivity contribution is -0.117. The zero-order chi connectivity index (χ0) is 10.7. The zero-order valence-electron chi connectivity index (χ0n) is 8.69. The Kier molecular flexibility index (Phi) is 3.58. The van der Waals surface area contributed by atoms with E-state index in [-0.39, 0.29) is 11.2 Å². The fraction of sp³-hybridized carbons (Fsp3) is 0.364. The second-order valence-electron chi connectivity index (χ2n) is 3.41. The average Bonchev–Trinajstić information content (AvgIpc) is 2.15. The number of hydrogen-bond donors (Lipinski definition) is 1. The molecule has 1 atom stereocenters. The SMILES string of the molecule is Cc1cccc(N(C)C(=O)C(C)S)c1. The highest BCUT2D eigenvalue weighted by atomic mass is 32.1. The summed E-state index contributed by atoms with van der Waals surface area (Å²) in [6.45, 7) is 3.78. The molecule has 3 heteroatoms. The van der Waals surface area contributed by atoms with Crippen molar-refractivity contribution in [2.75, 3.05) is 11.9 Å². The van der Waals surface area contributed by atoms with Crippen molar-refractivity contribution in [3.8, 4) is 0 Å². The molecule has 0 saturated carbocycles. The summed E-state index contributed by atoms with van der Waals surface area (Å²) in [5, 5.41) is -0.263. The fourth-order valence-electron chi connectivity index (χ4n) is 1.24. The number of rotatable bonds is 2. The molecule has 1 aromatic carbocycles. The van der Waals surface area contributed by atoms with Crippen LogP contribution >= 0.6 is 12.6 Å². The van der Waals surface area contributed by atoms with Gasteiger partial charge in [0.15, 0.2) is 0 Å². The largest absolute Gasteiger partial charge is 0.315 e. The summed E-state index contributed by atoms with van der Waals surface area (Å²) >= 11 is 4.12. The van der Waals surface area contributed by atoms with Crippen molar-refractivity contribution < 1.29 is 4.79 Å². The topological polar surface area (TPSA) is 20.3 Å². The van der Waals surface area contributed by atoms with Gasteiger partial charge in [-0.2, -0.15) is 12.6 Å². The van der Waals surface area contributed by atoms with Crippen molar-refractivity contribution in [1.82, 2.24) is 0 Å². The monoisotopic (exact) mass is 209 g/mol. The summed E-state index contributed by atoms with van der Waals surface area (Å²) in [5.41, 5.74) is 2.06. The molecule has 0 aliphatic rings. The predicted octanol–water partition coefficient (Wildman–Crippen LogP) is 2.28. The Hall–Kier alpha value is -0.960. The quantitative estimate of drug-likeness (QED) is 0.741. The zero-order valence-corrected chi connectivity index (χ0v) is 9.58. The van der Waals surface area contributed by atoms with Gasteiger partial charge in [-0.15, -0.1) is 0 Å². The minimum absolute atomic E-state index is 0.0129. The van der Waals surface area contributed by atoms with E-state index >= 15 is 0 Å². The summed E-state index contributed by atoms with van der Waals surface area (Å²) < 4.78 is 0. The molecule has 0 radical (unpaired) electrons. The molecule has 1 rings (SSSR count). The van der Waals surface area contributed by atoms with Crippen molar-refractivity contribution in [3.05, 3.63) is 29.8 Å². The third kappa shape index (κ3) is 2.51. The predicted molar refractivity (Wildman–Crippen MR) is 63.0 cm³/mol. The number of hydrogen-bond acceptors (Lipinski definition) is 2. The first-order chi connectivity index (χ1) is 6.52. The molecule has 0 N–H and O–H groups in total. The lowest BCUT2D eigenvalue weighted by Gasteiger charge is -2.19. The van der Waals surface area contributed by atoms with E-state index in [2.05, 4.69) is 12.6 Å². The minimum Gasteiger partial charge on any atom is -0.315 e. The normalized spacial score (nSPS) is 12.3. The molecule has 1 amide bonds. The van der Waals surface area contributed by atoms with Crippen molar-refractivity contribution in [1.29, 1.82) is 0 Å². The molecule has 1 aromatic rings. The standard InChI is InChI=1S/C11H15NOS/c1-8-5-4-6-10(7-8)12(3)11(13)9(2)14/h4-7,9,14H,1-3H3. The van der Waals surface area contributed by atoms with Crippen molar-refractivity contribution >= 4 is 24.2 Å². The van der Waals surface area contributed by atoms with Crippen LogP contribution in [0.25, 0.3) is 0 Å². The number of nitrogens with zero attached hydrogens (tertiary/aromatic N) is 1. The Balaban J connectivity index is 2.89. The van der Waals surface area contributed by atoms with Crippen LogP contribution in [0.4, 0.5) is 5.69 Å². The summed E-state index contributed by atoms with van der Waals surface area (Å²) in [7, 11) is 1.77. The van der Waals surface area contributed by atoms with Gasteiger partial charge in [0.25, 0.3) is 0 Å². The number of anilines is 1. The van der Waals surface area contributed by atoms with E-state index in [1.165, 1.54) is 0 Å². The van der Waals surface area contributed by atoms with E-state index < -0.39 is 0 Å². The summed E-state index contributed by atoms with van der Waals surface area (Å²) in [4.78, 5) is 13.2. The lowest BCUT2D eigenvalue weighted by atomic mass is 10.2. The van der Waals surface area contributed by atoms with Gasteiger partial charge < -0.3 is 4.90 Å². The number of carbonyl (C=O) groups excluding carboxylic acids is 1. The molecule has 0 aliphatic carbocycles. The van der Waals surface area contributed by atoms with Gasteiger partial charge in [-0.1, -0.05) is 12.1 Å². The number of carbonyl (C=O) groups is 1. The van der Waals surface area contributed by atoms with Crippen LogP contribution in [0, 0.1) is 6.92 Å². The van der Waals surface area contributed by atoms with Gasteiger partial charge in [0.2, 0.25) is 5.91 Å². The minimum atomic E-state index is -0.263. The Labute approximate surface area is 90.3 Å². The molecule has 14 heavy (non-hydrogen) atoms. The van der Waals surface area contributed by atoms with Gasteiger partial charge in [0, 0.05) is 12.7 Å². The maximum atomic E-state index is 11.6. The van der Waals surface area contributed by atoms with Crippen LogP contribution < -0.4 is 4.90 Å². The van der Waals surface area contributed by atoms with Gasteiger partial charge in [0.1, 0.15) is 0 Å². The van der Waals surface area contributed by atoms with E-state index in [4.69, 9.17) is 0 Å². The average molecular weight is 209 g/mol. The van der Waals surface area contributed by atoms with Crippen LogP contribution in [-0.4, -0.2) is 18.2 Å². The molecule has 0 saturated heterocycles. The van der Waals surface area contributed by atoms with E-state index in [0.29, 0.717) is 0 Å². The number of aryl methyl sites for hydroxylation is 1. The summed E-state index contributed by atoms with van der Waals surface area (Å²) in [6.07, 6.45) is 0. The second kappa shape index (κ2) is 4.51. The van der Waals surface area contributed by atoms with Gasteiger partial charge in [0.05, 0.1) is 5.25 Å². The summed E-state index contributed by atoms with van der Waals surface area (Å²) in [6, 6.07) is 7.85. The third-order valence-corrected chi connectivity index (χ3v) is 2.30. The maximum absolute atomic E-state index is 11.6. The third-order valence-electron chi connectivity index (χ3n) is 2.08. The van der Waals surface area contributed by atoms with Gasteiger partial charge in [-0.05, 0) is 31.5 Å². The highest BCUT2D eigenvalue weighted by molar-refractivity contribution is 7.81. The maximum Gasteiger partial charge on any atom is 0.239 e. The van der Waals surface area contributed by atoms with Gasteiger partial charge >= 0.3 is 0 Å². The van der Waals surface area contributed by atoms with E-state index in [9.17, 15) is 4.79 Å². The van der Waals surface area contributed by atoms with E-state index in [1.54, 1.807) is 18.9 Å². The molecule has 0 aromatic heterocycles. The highest BCUT2D eigenvalue weighted by Gasteiger charge is 2.14. The van der Waals surface area contributed by atoms with Crippen LogP contribution in [0.3, 0.4) is 0 Å². The molecule has 1 unspecified atom stereocenters. The molecule has 0 spiro atoms. The van der Waals surface area contributed by atoms with Gasteiger partial charge in [-0.3, -0.25) is 4.79 Å². The molecule has 0 heterocycles. The van der Waals surface area contributed by atoms with E-state index in [1.807, 2.05) is 31.2 Å². The first kappa shape index (κ1) is 11.1. The summed E-state index contributed by atoms with van der Waals surface area (Å²) in [5.74, 6) is 0.0129. The first-order valence-corrected chi connectivity index (χ1v) is 5.06. The first-order valence-electron chi connectivity index (χ1n) is 4.54. The van der Waals surface area contributed by atoms with Gasteiger partial charge in [-0.25, -0.2) is 0 Å². The molecule has 2 nitrogen and oxygen atoms in total. The highest BCUT2D eigenvalue weighted by Crippen LogP contribution is 2.15. The van der Waals surface area contributed by atoms with Crippen LogP contribution in [0.2, 0.25) is 0 Å². The van der Waals surface area contributed by atoms with Crippen molar-refractivity contribution in [2.45, 2.75) is 19.1 Å². The van der Waals surface area contributed by atoms with Crippen molar-refractivity contribution in [2.24, 2.45) is 0 Å². The molecular weight excluding hydrogens is 194 g/mol. The smallest absolute Gasteiger partial charge is 0.239 e. The molecule has 0 bridgehead atoms. The van der Waals surface area contributed by atoms with Crippen LogP contribution in [0.1, 0.15) is 12.5 Å². The molecule has 0 aliphatic heterocycles. The Morgan fingerprint density at radius 1 is 1.50 bits per heavy atom. The Bertz CT molecular complexity index is 336. The second-order valence-corrected chi connectivity index (χ2v) is 4.19. The Morgan fingerprint density at radius 2 is 2.14 bits per heavy atom. The van der Waals surface area contributed by atoms with Crippen LogP contribution in [0.5, 0.6) is 0 Å². The van der Waals surface area contributed by atoms with E-state index in [0.717, 1.165) is 11.3 Å². The molecule has 0 fully saturated rings. The van der Waals surface area contributed by atoms with Crippen LogP contribution in [-0.2, 0) is 4.79 Å². The fourth-order valence-corrected chi connectivity index (χ4v) is 1.42.